The van der Waals surface area contributed by atoms with Crippen molar-refractivity contribution in [3.63, 3.8) is 0 Å². The summed E-state index contributed by atoms with van der Waals surface area (Å²) in [5.41, 5.74) is 0.891. The van der Waals surface area contributed by atoms with Crippen LogP contribution in [0.1, 0.15) is 18.9 Å². The summed E-state index contributed by atoms with van der Waals surface area (Å²) in [6.07, 6.45) is 2.12. The van der Waals surface area contributed by atoms with E-state index in [1.54, 1.807) is 0 Å². The average molecular weight is 375 g/mol. The first-order valence-electron chi connectivity index (χ1n) is 8.83. The van der Waals surface area contributed by atoms with Gasteiger partial charge in [-0.15, -0.1) is 0 Å². The van der Waals surface area contributed by atoms with Gasteiger partial charge in [-0.1, -0.05) is 35.5 Å². The number of amides is 2. The number of benzene rings is 1. The predicted molar refractivity (Wildman–Crippen MR) is 103 cm³/mol. The maximum absolute atomic E-state index is 12.5. The molecule has 1 fully saturated rings. The van der Waals surface area contributed by atoms with E-state index >= 15 is 0 Å². The zero-order chi connectivity index (χ0) is 18.4. The molecular weight excluding hydrogens is 350 g/mol. The Morgan fingerprint density at radius 3 is 2.69 bits per heavy atom. The third-order valence-electron chi connectivity index (χ3n) is 4.46. The van der Waals surface area contributed by atoms with Crippen LogP contribution in [0.25, 0.3) is 11.4 Å². The Hall–Kier alpha value is -2.06. The van der Waals surface area contributed by atoms with Gasteiger partial charge in [0.25, 0.3) is 0 Å². The molecule has 0 spiro atoms. The molecule has 7 nitrogen and oxygen atoms in total. The molecule has 2 aromatic rings. The van der Waals surface area contributed by atoms with Gasteiger partial charge in [-0.25, -0.2) is 4.79 Å². The largest absolute Gasteiger partial charge is 0.337 e. The van der Waals surface area contributed by atoms with Crippen LogP contribution in [0.4, 0.5) is 4.79 Å². The molecule has 1 aliphatic heterocycles. The molecule has 0 unspecified atom stereocenters. The van der Waals surface area contributed by atoms with E-state index in [4.69, 9.17) is 4.52 Å². The minimum Gasteiger partial charge on any atom is -0.337 e. The lowest BCUT2D eigenvalue weighted by atomic mass is 10.2. The molecule has 1 saturated heterocycles. The first-order valence-corrected chi connectivity index (χ1v) is 10.2. The molecular formula is C18H25N5O2S. The fraction of sp³-hybridized carbons (Fsp3) is 0.500. The van der Waals surface area contributed by atoms with Crippen molar-refractivity contribution < 1.29 is 9.32 Å². The predicted octanol–water partition coefficient (Wildman–Crippen LogP) is 2.49. The Morgan fingerprint density at radius 2 is 2.00 bits per heavy atom. The second-order valence-electron chi connectivity index (χ2n) is 6.31. The number of nitrogens with zero attached hydrogens (tertiary/aromatic N) is 4. The zero-order valence-corrected chi connectivity index (χ0v) is 16.0. The van der Waals surface area contributed by atoms with E-state index in [1.807, 2.05) is 53.9 Å². The van der Waals surface area contributed by atoms with Gasteiger partial charge in [0, 0.05) is 44.0 Å². The van der Waals surface area contributed by atoms with Crippen LogP contribution in [0.3, 0.4) is 0 Å². The van der Waals surface area contributed by atoms with E-state index in [9.17, 15) is 4.79 Å². The van der Waals surface area contributed by atoms with E-state index in [0.29, 0.717) is 11.7 Å². The van der Waals surface area contributed by atoms with Crippen LogP contribution in [0.2, 0.25) is 0 Å². The van der Waals surface area contributed by atoms with Gasteiger partial charge in [-0.2, -0.15) is 16.7 Å². The number of piperazine rings is 1. The van der Waals surface area contributed by atoms with Crippen LogP contribution >= 0.6 is 11.8 Å². The highest BCUT2D eigenvalue weighted by molar-refractivity contribution is 7.98. The lowest BCUT2D eigenvalue weighted by Crippen LogP contribution is -2.52. The molecule has 8 heteroatoms. The molecule has 1 aliphatic rings. The Balaban J connectivity index is 1.51. The molecule has 2 amide bonds. The number of carbonyl (C=O) groups excluding carboxylic acids is 1. The summed E-state index contributed by atoms with van der Waals surface area (Å²) in [6.45, 7) is 6.26. The summed E-state index contributed by atoms with van der Waals surface area (Å²) in [4.78, 5) is 21.1. The molecule has 0 aliphatic carbocycles. The molecule has 1 N–H and O–H groups in total. The number of aromatic nitrogens is 2. The summed E-state index contributed by atoms with van der Waals surface area (Å²) >= 11 is 1.85. The standard InChI is InChI=1S/C18H25N5O2S/c1-14(17-20-16(21-25-17)15-6-4-3-5-7-15)19-18(24)23-10-8-22(9-11-23)12-13-26-2/h3-7,14H,8-13H2,1-2H3,(H,19,24)/t14-/m1/s1. The van der Waals surface area contributed by atoms with Crippen molar-refractivity contribution in [2.45, 2.75) is 13.0 Å². The molecule has 3 rings (SSSR count). The van der Waals surface area contributed by atoms with Gasteiger partial charge in [0.2, 0.25) is 11.7 Å². The monoisotopic (exact) mass is 375 g/mol. The fourth-order valence-corrected chi connectivity index (χ4v) is 3.29. The lowest BCUT2D eigenvalue weighted by molar-refractivity contribution is 0.140. The van der Waals surface area contributed by atoms with Crippen LogP contribution in [-0.2, 0) is 0 Å². The van der Waals surface area contributed by atoms with Gasteiger partial charge < -0.3 is 14.7 Å². The van der Waals surface area contributed by atoms with E-state index in [2.05, 4.69) is 26.6 Å². The number of thioether (sulfide) groups is 1. The van der Waals surface area contributed by atoms with Gasteiger partial charge in [-0.05, 0) is 13.2 Å². The van der Waals surface area contributed by atoms with Crippen molar-refractivity contribution in [1.29, 1.82) is 0 Å². The molecule has 26 heavy (non-hydrogen) atoms. The molecule has 2 heterocycles. The van der Waals surface area contributed by atoms with Gasteiger partial charge in [0.05, 0.1) is 0 Å². The number of hydrogen-bond donors (Lipinski definition) is 1. The highest BCUT2D eigenvalue weighted by Gasteiger charge is 2.24. The zero-order valence-electron chi connectivity index (χ0n) is 15.2. The quantitative estimate of drug-likeness (QED) is 0.836. The average Bonchev–Trinajstić information content (AvgIpc) is 3.18. The second-order valence-corrected chi connectivity index (χ2v) is 7.30. The molecule has 1 aromatic carbocycles. The molecule has 0 radical (unpaired) electrons. The fourth-order valence-electron chi connectivity index (χ4n) is 2.85. The maximum Gasteiger partial charge on any atom is 0.318 e. The van der Waals surface area contributed by atoms with Gasteiger partial charge >= 0.3 is 6.03 Å². The summed E-state index contributed by atoms with van der Waals surface area (Å²) in [6, 6.07) is 9.23. The molecule has 0 saturated carbocycles. The molecule has 1 atom stereocenters. The molecule has 140 valence electrons. The minimum absolute atomic E-state index is 0.0820. The van der Waals surface area contributed by atoms with E-state index < -0.39 is 0 Å². The van der Waals surface area contributed by atoms with E-state index in [-0.39, 0.29) is 12.1 Å². The lowest BCUT2D eigenvalue weighted by Gasteiger charge is -2.34. The van der Waals surface area contributed by atoms with Crippen molar-refractivity contribution in [2.24, 2.45) is 0 Å². The van der Waals surface area contributed by atoms with Crippen LogP contribution in [0.5, 0.6) is 0 Å². The van der Waals surface area contributed by atoms with Crippen LogP contribution < -0.4 is 5.32 Å². The summed E-state index contributed by atoms with van der Waals surface area (Å²) in [7, 11) is 0. The van der Waals surface area contributed by atoms with E-state index in [1.165, 1.54) is 0 Å². The van der Waals surface area contributed by atoms with Crippen LogP contribution in [0.15, 0.2) is 34.9 Å². The topological polar surface area (TPSA) is 74.5 Å². The number of hydrogen-bond acceptors (Lipinski definition) is 6. The third-order valence-corrected chi connectivity index (χ3v) is 5.05. The summed E-state index contributed by atoms with van der Waals surface area (Å²) < 4.78 is 5.33. The van der Waals surface area contributed by atoms with Crippen molar-refractivity contribution in [1.82, 2.24) is 25.3 Å². The maximum atomic E-state index is 12.5. The number of rotatable bonds is 6. The number of urea groups is 1. The smallest absolute Gasteiger partial charge is 0.318 e. The van der Waals surface area contributed by atoms with Crippen molar-refractivity contribution >= 4 is 17.8 Å². The van der Waals surface area contributed by atoms with Crippen molar-refractivity contribution in [3.05, 3.63) is 36.2 Å². The Bertz CT molecular complexity index is 701. The molecule has 0 bridgehead atoms. The number of nitrogens with one attached hydrogen (secondary N) is 1. The SMILES string of the molecule is CSCCN1CCN(C(=O)N[C@H](C)c2nc(-c3ccccc3)no2)CC1. The highest BCUT2D eigenvalue weighted by Crippen LogP contribution is 2.18. The van der Waals surface area contributed by atoms with Gasteiger partial charge in [0.1, 0.15) is 6.04 Å². The highest BCUT2D eigenvalue weighted by atomic mass is 32.2. The van der Waals surface area contributed by atoms with Crippen LogP contribution in [0, 0.1) is 0 Å². The second kappa shape index (κ2) is 9.05. The van der Waals surface area contributed by atoms with E-state index in [0.717, 1.165) is 44.0 Å². The van der Waals surface area contributed by atoms with Crippen molar-refractivity contribution in [3.8, 4) is 11.4 Å². The van der Waals surface area contributed by atoms with Gasteiger partial charge in [-0.3, -0.25) is 4.90 Å². The normalized spacial score (nSPS) is 16.5. The summed E-state index contributed by atoms with van der Waals surface area (Å²) in [5.74, 6) is 2.07. The first kappa shape index (κ1) is 18.7. The minimum atomic E-state index is -0.331. The Morgan fingerprint density at radius 1 is 1.27 bits per heavy atom. The Labute approximate surface area is 158 Å². The molecule has 1 aromatic heterocycles. The summed E-state index contributed by atoms with van der Waals surface area (Å²) in [5, 5.41) is 6.96. The van der Waals surface area contributed by atoms with Gasteiger partial charge in [0.15, 0.2) is 0 Å². The van der Waals surface area contributed by atoms with Crippen LogP contribution in [-0.4, -0.2) is 70.7 Å². The number of carbonyl (C=O) groups is 1. The van der Waals surface area contributed by atoms with Crippen molar-refractivity contribution in [2.75, 3.05) is 44.7 Å². The Kier molecular flexibility index (Phi) is 6.51. The first-order chi connectivity index (χ1) is 12.7. The third kappa shape index (κ3) is 4.76.